The van der Waals surface area contributed by atoms with Crippen LogP contribution < -0.4 is 0 Å². The number of allylic oxidation sites excluding steroid dienone is 2. The Kier molecular flexibility index (Phi) is 4.42. The van der Waals surface area contributed by atoms with Gasteiger partial charge in [-0.15, -0.1) is 0 Å². The summed E-state index contributed by atoms with van der Waals surface area (Å²) in [6.07, 6.45) is 3.07. The van der Waals surface area contributed by atoms with E-state index in [0.717, 1.165) is 12.2 Å². The molecule has 0 bridgehead atoms. The molecule has 0 aliphatic carbocycles. The van der Waals surface area contributed by atoms with Gasteiger partial charge in [0.15, 0.2) is 0 Å². The van der Waals surface area contributed by atoms with Crippen molar-refractivity contribution in [1.82, 2.24) is 0 Å². The molecule has 8 heavy (non-hydrogen) atoms. The second kappa shape index (κ2) is 4.69. The highest BCUT2D eigenvalue weighted by Gasteiger charge is 1.80. The van der Waals surface area contributed by atoms with E-state index in [2.05, 4.69) is 13.8 Å². The molecule has 0 aromatic heterocycles. The quantitative estimate of drug-likeness (QED) is 0.509. The molecule has 47 valence electrons. The average molecular weight is 113 g/mol. The van der Waals surface area contributed by atoms with Crippen LogP contribution in [0.25, 0.3) is 0 Å². The van der Waals surface area contributed by atoms with Gasteiger partial charge in [0.25, 0.3) is 0 Å². The SMILES string of the molecule is [CH2]COC(C)=CCC. The van der Waals surface area contributed by atoms with E-state index in [9.17, 15) is 0 Å². The summed E-state index contributed by atoms with van der Waals surface area (Å²) in [6.45, 7) is 8.09. The molecule has 0 heterocycles. The third kappa shape index (κ3) is 3.72. The van der Waals surface area contributed by atoms with Crippen LogP contribution in [0.5, 0.6) is 0 Å². The van der Waals surface area contributed by atoms with Crippen LogP contribution >= 0.6 is 0 Å². The van der Waals surface area contributed by atoms with E-state index in [1.807, 2.05) is 13.0 Å². The lowest BCUT2D eigenvalue weighted by molar-refractivity contribution is 0.247. The van der Waals surface area contributed by atoms with Crippen LogP contribution in [0.2, 0.25) is 0 Å². The molecule has 0 unspecified atom stereocenters. The van der Waals surface area contributed by atoms with Gasteiger partial charge < -0.3 is 4.74 Å². The number of rotatable bonds is 3. The molecule has 0 fully saturated rings. The van der Waals surface area contributed by atoms with Gasteiger partial charge in [-0.25, -0.2) is 0 Å². The van der Waals surface area contributed by atoms with Crippen molar-refractivity contribution < 1.29 is 4.74 Å². The van der Waals surface area contributed by atoms with Gasteiger partial charge in [-0.2, -0.15) is 0 Å². The van der Waals surface area contributed by atoms with Crippen LogP contribution in [-0.4, -0.2) is 6.61 Å². The maximum atomic E-state index is 5.03. The minimum atomic E-state index is 0.530. The summed E-state index contributed by atoms with van der Waals surface area (Å²) < 4.78 is 5.03. The van der Waals surface area contributed by atoms with Crippen molar-refractivity contribution in [2.24, 2.45) is 0 Å². The second-order valence-corrected chi connectivity index (χ2v) is 1.57. The van der Waals surface area contributed by atoms with Crippen LogP contribution in [0, 0.1) is 6.92 Å². The summed E-state index contributed by atoms with van der Waals surface area (Å²) in [5, 5.41) is 0. The van der Waals surface area contributed by atoms with Gasteiger partial charge >= 0.3 is 0 Å². The molecular formula is C7H13O. The minimum absolute atomic E-state index is 0.530. The van der Waals surface area contributed by atoms with Crippen molar-refractivity contribution in [3.63, 3.8) is 0 Å². The topological polar surface area (TPSA) is 9.23 Å². The van der Waals surface area contributed by atoms with Crippen LogP contribution in [0.15, 0.2) is 11.8 Å². The third-order valence-corrected chi connectivity index (χ3v) is 0.821. The Balaban J connectivity index is 3.29. The van der Waals surface area contributed by atoms with E-state index in [4.69, 9.17) is 4.74 Å². The molecule has 0 rings (SSSR count). The lowest BCUT2D eigenvalue weighted by atomic mass is 10.4. The largest absolute Gasteiger partial charge is 0.499 e. The van der Waals surface area contributed by atoms with E-state index in [-0.39, 0.29) is 0 Å². The van der Waals surface area contributed by atoms with Gasteiger partial charge in [-0.05, 0) is 26.3 Å². The molecule has 0 saturated heterocycles. The molecular weight excluding hydrogens is 100 g/mol. The van der Waals surface area contributed by atoms with Gasteiger partial charge in [-0.1, -0.05) is 6.92 Å². The van der Waals surface area contributed by atoms with Crippen LogP contribution in [0.3, 0.4) is 0 Å². The van der Waals surface area contributed by atoms with E-state index in [1.165, 1.54) is 0 Å². The Morgan fingerprint density at radius 2 is 2.38 bits per heavy atom. The van der Waals surface area contributed by atoms with Crippen molar-refractivity contribution in [3.05, 3.63) is 18.8 Å². The first-order valence-electron chi connectivity index (χ1n) is 2.90. The van der Waals surface area contributed by atoms with E-state index >= 15 is 0 Å². The van der Waals surface area contributed by atoms with E-state index in [1.54, 1.807) is 0 Å². The van der Waals surface area contributed by atoms with E-state index in [0.29, 0.717) is 6.61 Å². The van der Waals surface area contributed by atoms with Gasteiger partial charge in [0.1, 0.15) is 0 Å². The number of hydrogen-bond donors (Lipinski definition) is 0. The Bertz CT molecular complexity index is 74.5. The molecule has 0 aliphatic rings. The average Bonchev–Trinajstić information content (AvgIpc) is 1.68. The summed E-state index contributed by atoms with van der Waals surface area (Å²) >= 11 is 0. The molecule has 0 amide bonds. The highest BCUT2D eigenvalue weighted by Crippen LogP contribution is 1.95. The summed E-state index contributed by atoms with van der Waals surface area (Å²) in [5.41, 5.74) is 0. The Hall–Kier alpha value is -0.460. The zero-order valence-corrected chi connectivity index (χ0v) is 5.61. The lowest BCUT2D eigenvalue weighted by Gasteiger charge is -1.99. The summed E-state index contributed by atoms with van der Waals surface area (Å²) in [4.78, 5) is 0. The molecule has 0 saturated carbocycles. The predicted molar refractivity (Wildman–Crippen MR) is 35.4 cm³/mol. The van der Waals surface area contributed by atoms with Crippen molar-refractivity contribution >= 4 is 0 Å². The van der Waals surface area contributed by atoms with Crippen molar-refractivity contribution in [2.45, 2.75) is 20.3 Å². The standard InChI is InChI=1S/C7H13O/c1-4-6-7(3)8-5-2/h6H,2,4-5H2,1,3H3. The first-order valence-corrected chi connectivity index (χ1v) is 2.90. The van der Waals surface area contributed by atoms with Crippen molar-refractivity contribution in [2.75, 3.05) is 6.61 Å². The van der Waals surface area contributed by atoms with Crippen molar-refractivity contribution in [3.8, 4) is 0 Å². The molecule has 1 nitrogen and oxygen atoms in total. The fourth-order valence-electron chi connectivity index (χ4n) is 0.507. The summed E-state index contributed by atoms with van der Waals surface area (Å²) in [7, 11) is 0. The Morgan fingerprint density at radius 1 is 1.75 bits per heavy atom. The molecule has 0 aromatic carbocycles. The maximum Gasteiger partial charge on any atom is 0.0888 e. The fourth-order valence-corrected chi connectivity index (χ4v) is 0.507. The lowest BCUT2D eigenvalue weighted by Crippen LogP contribution is -1.85. The first kappa shape index (κ1) is 7.54. The Morgan fingerprint density at radius 3 is 2.75 bits per heavy atom. The zero-order chi connectivity index (χ0) is 6.41. The van der Waals surface area contributed by atoms with Crippen LogP contribution in [-0.2, 0) is 4.74 Å². The van der Waals surface area contributed by atoms with Gasteiger partial charge in [0, 0.05) is 0 Å². The molecule has 0 aromatic rings. The molecule has 0 N–H and O–H groups in total. The van der Waals surface area contributed by atoms with E-state index < -0.39 is 0 Å². The third-order valence-electron chi connectivity index (χ3n) is 0.821. The predicted octanol–water partition coefficient (Wildman–Crippen LogP) is 2.15. The second-order valence-electron chi connectivity index (χ2n) is 1.57. The van der Waals surface area contributed by atoms with Crippen molar-refractivity contribution in [1.29, 1.82) is 0 Å². The minimum Gasteiger partial charge on any atom is -0.499 e. The smallest absolute Gasteiger partial charge is 0.0888 e. The molecule has 0 aliphatic heterocycles. The molecule has 1 heteroatoms. The van der Waals surface area contributed by atoms with Crippen LogP contribution in [0.4, 0.5) is 0 Å². The highest BCUT2D eigenvalue weighted by molar-refractivity contribution is 4.86. The summed E-state index contributed by atoms with van der Waals surface area (Å²) in [5.74, 6) is 0.975. The normalized spacial score (nSPS) is 11.6. The van der Waals surface area contributed by atoms with Gasteiger partial charge in [0.05, 0.1) is 12.4 Å². The van der Waals surface area contributed by atoms with Gasteiger partial charge in [0.2, 0.25) is 0 Å². The maximum absolute atomic E-state index is 5.03. The summed E-state index contributed by atoms with van der Waals surface area (Å²) in [6, 6.07) is 0. The highest BCUT2D eigenvalue weighted by atomic mass is 16.5. The zero-order valence-electron chi connectivity index (χ0n) is 5.61. The molecule has 0 spiro atoms. The number of ether oxygens (including phenoxy) is 1. The van der Waals surface area contributed by atoms with Crippen LogP contribution in [0.1, 0.15) is 20.3 Å². The first-order chi connectivity index (χ1) is 3.81. The molecule has 0 atom stereocenters. The fraction of sp³-hybridized carbons (Fsp3) is 0.571. The number of hydrogen-bond acceptors (Lipinski definition) is 1. The van der Waals surface area contributed by atoms with Gasteiger partial charge in [-0.3, -0.25) is 0 Å². The Labute approximate surface area is 51.4 Å². The monoisotopic (exact) mass is 113 g/mol. The molecule has 1 radical (unpaired) electrons.